The maximum Gasteiger partial charge on any atom is 0.337 e. The van der Waals surface area contributed by atoms with E-state index in [2.05, 4.69) is 4.74 Å². The first-order chi connectivity index (χ1) is 14.4. The van der Waals surface area contributed by atoms with Crippen LogP contribution in [0.1, 0.15) is 40.7 Å². The minimum absolute atomic E-state index is 0.0526. The van der Waals surface area contributed by atoms with Gasteiger partial charge in [0.1, 0.15) is 5.82 Å². The standard InChI is InChI=1S/C23H22FNO5/c1-14-21(23(28)30-3)18(17-6-4-5-7-19(17)24)12-20(26)25(14)13-15-8-10-16(11-9-15)22(27)29-2/h4-11,18H,12-13H2,1-3H3. The summed E-state index contributed by atoms with van der Waals surface area (Å²) in [6.45, 7) is 1.86. The number of hydrogen-bond donors (Lipinski definition) is 0. The third-order valence-corrected chi connectivity index (χ3v) is 5.22. The monoisotopic (exact) mass is 411 g/mol. The van der Waals surface area contributed by atoms with Crippen molar-refractivity contribution in [3.63, 3.8) is 0 Å². The van der Waals surface area contributed by atoms with Crippen LogP contribution in [0.2, 0.25) is 0 Å². The highest BCUT2D eigenvalue weighted by molar-refractivity contribution is 5.95. The number of halogens is 1. The van der Waals surface area contributed by atoms with E-state index in [0.29, 0.717) is 11.3 Å². The first-order valence-electron chi connectivity index (χ1n) is 9.38. The van der Waals surface area contributed by atoms with Gasteiger partial charge in [0.2, 0.25) is 5.91 Å². The van der Waals surface area contributed by atoms with Gasteiger partial charge in [-0.3, -0.25) is 4.79 Å². The molecule has 0 fully saturated rings. The van der Waals surface area contributed by atoms with Gasteiger partial charge in [0.15, 0.2) is 0 Å². The predicted molar refractivity (Wildman–Crippen MR) is 107 cm³/mol. The van der Waals surface area contributed by atoms with E-state index in [0.717, 1.165) is 5.56 Å². The number of methoxy groups -OCH3 is 2. The van der Waals surface area contributed by atoms with Crippen LogP contribution in [0.15, 0.2) is 59.8 Å². The molecule has 6 nitrogen and oxygen atoms in total. The molecule has 1 aliphatic heterocycles. The number of nitrogens with zero attached hydrogens (tertiary/aromatic N) is 1. The normalized spacial score (nSPS) is 16.5. The predicted octanol–water partition coefficient (Wildman–Crippen LogP) is 3.58. The summed E-state index contributed by atoms with van der Waals surface area (Å²) in [6.07, 6.45) is -0.0526. The molecule has 3 rings (SSSR count). The fourth-order valence-electron chi connectivity index (χ4n) is 3.65. The van der Waals surface area contributed by atoms with E-state index in [4.69, 9.17) is 4.74 Å². The van der Waals surface area contributed by atoms with E-state index in [1.165, 1.54) is 25.2 Å². The summed E-state index contributed by atoms with van der Waals surface area (Å²) in [5, 5.41) is 0. The van der Waals surface area contributed by atoms with Crippen molar-refractivity contribution in [3.05, 3.63) is 82.3 Å². The molecule has 7 heteroatoms. The first-order valence-corrected chi connectivity index (χ1v) is 9.38. The van der Waals surface area contributed by atoms with Gasteiger partial charge in [0, 0.05) is 18.0 Å². The second kappa shape index (κ2) is 8.90. The Bertz CT molecular complexity index is 1010. The van der Waals surface area contributed by atoms with Gasteiger partial charge in [-0.15, -0.1) is 0 Å². The summed E-state index contributed by atoms with van der Waals surface area (Å²) in [5.74, 6) is -2.47. The van der Waals surface area contributed by atoms with E-state index in [1.54, 1.807) is 49.4 Å². The quantitative estimate of drug-likeness (QED) is 0.704. The molecular weight excluding hydrogens is 389 g/mol. The molecule has 1 heterocycles. The molecule has 0 spiro atoms. The van der Waals surface area contributed by atoms with Crippen LogP contribution in [0.4, 0.5) is 4.39 Å². The Hall–Kier alpha value is -3.48. The van der Waals surface area contributed by atoms with Gasteiger partial charge < -0.3 is 14.4 Å². The van der Waals surface area contributed by atoms with Crippen molar-refractivity contribution in [1.82, 2.24) is 4.90 Å². The number of benzene rings is 2. The Labute approximate surface area is 173 Å². The second-order valence-corrected chi connectivity index (χ2v) is 6.94. The number of rotatable bonds is 5. The molecule has 0 radical (unpaired) electrons. The van der Waals surface area contributed by atoms with E-state index >= 15 is 0 Å². The molecule has 156 valence electrons. The summed E-state index contributed by atoms with van der Waals surface area (Å²) >= 11 is 0. The van der Waals surface area contributed by atoms with E-state index < -0.39 is 23.7 Å². The molecule has 1 atom stereocenters. The van der Waals surface area contributed by atoms with Crippen LogP contribution in [-0.2, 0) is 25.6 Å². The lowest BCUT2D eigenvalue weighted by atomic mass is 9.83. The maximum atomic E-state index is 14.4. The van der Waals surface area contributed by atoms with Crippen molar-refractivity contribution in [2.75, 3.05) is 14.2 Å². The third kappa shape index (κ3) is 4.10. The minimum Gasteiger partial charge on any atom is -0.466 e. The van der Waals surface area contributed by atoms with Crippen LogP contribution in [-0.4, -0.2) is 37.0 Å². The second-order valence-electron chi connectivity index (χ2n) is 6.94. The van der Waals surface area contributed by atoms with Crippen LogP contribution < -0.4 is 0 Å². The molecule has 2 aromatic carbocycles. The molecule has 0 aliphatic carbocycles. The van der Waals surface area contributed by atoms with Crippen molar-refractivity contribution in [2.45, 2.75) is 25.8 Å². The number of carbonyl (C=O) groups is 3. The SMILES string of the molecule is COC(=O)C1=C(C)N(Cc2ccc(C(=O)OC)cc2)C(=O)CC1c1ccccc1F. The average molecular weight is 411 g/mol. The van der Waals surface area contributed by atoms with Gasteiger partial charge in [-0.05, 0) is 36.2 Å². The van der Waals surface area contributed by atoms with Gasteiger partial charge >= 0.3 is 11.9 Å². The Morgan fingerprint density at radius 3 is 2.27 bits per heavy atom. The zero-order chi connectivity index (χ0) is 21.8. The number of carbonyl (C=O) groups excluding carboxylic acids is 3. The molecule has 0 saturated heterocycles. The fourth-order valence-corrected chi connectivity index (χ4v) is 3.65. The van der Waals surface area contributed by atoms with E-state index in [9.17, 15) is 18.8 Å². The molecule has 1 amide bonds. The highest BCUT2D eigenvalue weighted by Crippen LogP contribution is 2.38. The lowest BCUT2D eigenvalue weighted by molar-refractivity contribution is -0.138. The first kappa shape index (κ1) is 21.2. The van der Waals surface area contributed by atoms with E-state index in [-0.39, 0.29) is 30.0 Å². The molecule has 1 aliphatic rings. The largest absolute Gasteiger partial charge is 0.466 e. The number of hydrogen-bond acceptors (Lipinski definition) is 5. The fraction of sp³-hybridized carbons (Fsp3) is 0.261. The molecule has 0 aromatic heterocycles. The van der Waals surface area contributed by atoms with Crippen molar-refractivity contribution in [2.24, 2.45) is 0 Å². The number of esters is 2. The summed E-state index contributed by atoms with van der Waals surface area (Å²) < 4.78 is 24.0. The Morgan fingerprint density at radius 2 is 1.67 bits per heavy atom. The van der Waals surface area contributed by atoms with Crippen LogP contribution in [0.5, 0.6) is 0 Å². The van der Waals surface area contributed by atoms with Gasteiger partial charge in [0.05, 0.1) is 31.9 Å². The summed E-state index contributed by atoms with van der Waals surface area (Å²) in [7, 11) is 2.56. The zero-order valence-electron chi connectivity index (χ0n) is 17.0. The zero-order valence-corrected chi connectivity index (χ0v) is 17.0. The summed E-state index contributed by atoms with van der Waals surface area (Å²) in [6, 6.07) is 12.8. The highest BCUT2D eigenvalue weighted by atomic mass is 19.1. The molecule has 0 N–H and O–H groups in total. The summed E-state index contributed by atoms with van der Waals surface area (Å²) in [5.41, 5.74) is 2.13. The van der Waals surface area contributed by atoms with Crippen LogP contribution in [0.3, 0.4) is 0 Å². The number of ether oxygens (including phenoxy) is 2. The topological polar surface area (TPSA) is 72.9 Å². The highest BCUT2D eigenvalue weighted by Gasteiger charge is 2.37. The Kier molecular flexibility index (Phi) is 6.30. The summed E-state index contributed by atoms with van der Waals surface area (Å²) in [4.78, 5) is 38.5. The maximum absolute atomic E-state index is 14.4. The van der Waals surface area contributed by atoms with Gasteiger partial charge in [0.25, 0.3) is 0 Å². The van der Waals surface area contributed by atoms with Crippen molar-refractivity contribution < 1.29 is 28.2 Å². The van der Waals surface area contributed by atoms with Crippen molar-refractivity contribution in [3.8, 4) is 0 Å². The molecular formula is C23H22FNO5. The van der Waals surface area contributed by atoms with E-state index in [1.807, 2.05) is 0 Å². The third-order valence-electron chi connectivity index (χ3n) is 5.22. The molecule has 1 unspecified atom stereocenters. The van der Waals surface area contributed by atoms with Crippen molar-refractivity contribution in [1.29, 1.82) is 0 Å². The van der Waals surface area contributed by atoms with Crippen molar-refractivity contribution >= 4 is 17.8 Å². The lowest BCUT2D eigenvalue weighted by Gasteiger charge is -2.34. The average Bonchev–Trinajstić information content (AvgIpc) is 2.76. The van der Waals surface area contributed by atoms with Gasteiger partial charge in [-0.2, -0.15) is 0 Å². The Morgan fingerprint density at radius 1 is 1.03 bits per heavy atom. The number of allylic oxidation sites excluding steroid dienone is 1. The lowest BCUT2D eigenvalue weighted by Crippen LogP contribution is -2.38. The van der Waals surface area contributed by atoms with Crippen LogP contribution in [0, 0.1) is 5.82 Å². The molecule has 2 aromatic rings. The molecule has 0 bridgehead atoms. The van der Waals surface area contributed by atoms with Crippen LogP contribution >= 0.6 is 0 Å². The smallest absolute Gasteiger partial charge is 0.337 e. The van der Waals surface area contributed by atoms with Gasteiger partial charge in [-0.25, -0.2) is 14.0 Å². The van der Waals surface area contributed by atoms with Gasteiger partial charge in [-0.1, -0.05) is 30.3 Å². The molecule has 30 heavy (non-hydrogen) atoms. The minimum atomic E-state index is -0.718. The molecule has 0 saturated carbocycles. The Balaban J connectivity index is 1.97. The number of amides is 1. The van der Waals surface area contributed by atoms with Crippen LogP contribution in [0.25, 0.3) is 0 Å².